The Labute approximate surface area is 134 Å². The van der Waals surface area contributed by atoms with Gasteiger partial charge in [-0.2, -0.15) is 0 Å². The summed E-state index contributed by atoms with van der Waals surface area (Å²) in [7, 11) is 0. The molecule has 22 heavy (non-hydrogen) atoms. The maximum atomic E-state index is 6.44. The fourth-order valence-electron chi connectivity index (χ4n) is 3.13. The van der Waals surface area contributed by atoms with E-state index >= 15 is 0 Å². The maximum Gasteiger partial charge on any atom is 0.153 e. The first-order valence-corrected chi connectivity index (χ1v) is 7.69. The average molecular weight is 307 g/mol. The van der Waals surface area contributed by atoms with Gasteiger partial charge >= 0.3 is 0 Å². The summed E-state index contributed by atoms with van der Waals surface area (Å²) in [5.41, 5.74) is 4.62. The van der Waals surface area contributed by atoms with Crippen LogP contribution in [0.1, 0.15) is 11.1 Å². The normalized spacial score (nSPS) is 11.4. The Morgan fingerprint density at radius 1 is 1.00 bits per heavy atom. The van der Waals surface area contributed by atoms with E-state index in [1.807, 2.05) is 12.3 Å². The number of hydrogen-bond acceptors (Lipinski definition) is 1. The topological polar surface area (TPSA) is 17.8 Å². The molecule has 2 aromatic carbocycles. The number of nitrogens with zero attached hydrogens (tertiary/aromatic N) is 2. The third-order valence-corrected chi connectivity index (χ3v) is 4.39. The number of hydrogen-bond donors (Lipinski definition) is 0. The molecule has 0 aliphatic rings. The second-order valence-electron chi connectivity index (χ2n) is 5.54. The number of aryl methyl sites for hydroxylation is 1. The predicted molar refractivity (Wildman–Crippen MR) is 92.5 cm³/mol. The Bertz CT molecular complexity index is 971. The van der Waals surface area contributed by atoms with E-state index in [0.717, 1.165) is 17.6 Å². The molecular weight excluding hydrogens is 292 g/mol. The Kier molecular flexibility index (Phi) is 3.12. The van der Waals surface area contributed by atoms with Gasteiger partial charge in [-0.3, -0.25) is 0 Å². The minimum Gasteiger partial charge on any atom is -0.333 e. The van der Waals surface area contributed by atoms with Crippen LogP contribution in [0.4, 0.5) is 0 Å². The lowest BCUT2D eigenvalue weighted by Gasteiger charge is -2.08. The van der Waals surface area contributed by atoms with Crippen LogP contribution < -0.4 is 0 Å². The van der Waals surface area contributed by atoms with Crippen LogP contribution in [0.25, 0.3) is 21.8 Å². The van der Waals surface area contributed by atoms with Crippen molar-refractivity contribution in [3.05, 3.63) is 77.1 Å². The number of halogens is 1. The van der Waals surface area contributed by atoms with E-state index in [9.17, 15) is 0 Å². The molecule has 108 valence electrons. The average Bonchev–Trinajstić information content (AvgIpc) is 2.88. The Morgan fingerprint density at radius 3 is 2.55 bits per heavy atom. The highest BCUT2D eigenvalue weighted by Gasteiger charge is 2.15. The standard InChI is InChI=1S/C19H15ClN2/c1-13-11-21-19(20)18-17(13)15-9-5-6-10-16(15)22(18)12-14-7-3-2-4-8-14/h2-11H,12H2,1H3. The lowest BCUT2D eigenvalue weighted by molar-refractivity contribution is 0.866. The van der Waals surface area contributed by atoms with E-state index in [1.165, 1.54) is 21.9 Å². The summed E-state index contributed by atoms with van der Waals surface area (Å²) in [5, 5.41) is 2.99. The number of rotatable bonds is 2. The molecule has 0 aliphatic heterocycles. The van der Waals surface area contributed by atoms with Crippen molar-refractivity contribution in [2.75, 3.05) is 0 Å². The summed E-state index contributed by atoms with van der Waals surface area (Å²) < 4.78 is 2.27. The van der Waals surface area contributed by atoms with Gasteiger partial charge in [0.1, 0.15) is 0 Å². The van der Waals surface area contributed by atoms with Gasteiger partial charge in [0, 0.05) is 29.0 Å². The predicted octanol–water partition coefficient (Wildman–Crippen LogP) is 5.20. The van der Waals surface area contributed by atoms with Gasteiger partial charge in [-0.1, -0.05) is 60.1 Å². The minimum absolute atomic E-state index is 0.563. The molecule has 0 radical (unpaired) electrons. The Hall–Kier alpha value is -2.32. The van der Waals surface area contributed by atoms with Gasteiger partial charge in [0.25, 0.3) is 0 Å². The summed E-state index contributed by atoms with van der Waals surface area (Å²) in [6, 6.07) is 18.9. The molecule has 0 aliphatic carbocycles. The van der Waals surface area contributed by atoms with E-state index in [-0.39, 0.29) is 0 Å². The highest BCUT2D eigenvalue weighted by Crippen LogP contribution is 2.34. The monoisotopic (exact) mass is 306 g/mol. The van der Waals surface area contributed by atoms with Crippen LogP contribution in [0.3, 0.4) is 0 Å². The van der Waals surface area contributed by atoms with Gasteiger partial charge in [0.15, 0.2) is 5.15 Å². The van der Waals surface area contributed by atoms with Crippen molar-refractivity contribution in [2.45, 2.75) is 13.5 Å². The molecule has 0 bridgehead atoms. The van der Waals surface area contributed by atoms with Crippen LogP contribution in [0, 0.1) is 6.92 Å². The van der Waals surface area contributed by atoms with Gasteiger partial charge in [-0.25, -0.2) is 4.98 Å². The molecule has 2 aromatic heterocycles. The van der Waals surface area contributed by atoms with Crippen molar-refractivity contribution >= 4 is 33.4 Å². The zero-order chi connectivity index (χ0) is 15.1. The minimum atomic E-state index is 0.563. The molecule has 3 heteroatoms. The van der Waals surface area contributed by atoms with E-state index in [4.69, 9.17) is 11.6 Å². The van der Waals surface area contributed by atoms with E-state index in [2.05, 4.69) is 65.0 Å². The number of pyridine rings is 1. The maximum absolute atomic E-state index is 6.44. The number of para-hydroxylation sites is 1. The van der Waals surface area contributed by atoms with Gasteiger partial charge in [-0.05, 0) is 24.1 Å². The molecule has 0 spiro atoms. The SMILES string of the molecule is Cc1cnc(Cl)c2c1c1ccccc1n2Cc1ccccc1. The van der Waals surface area contributed by atoms with Crippen molar-refractivity contribution in [3.8, 4) is 0 Å². The van der Waals surface area contributed by atoms with E-state index in [0.29, 0.717) is 5.15 Å². The lowest BCUT2D eigenvalue weighted by atomic mass is 10.1. The fraction of sp³-hybridized carbons (Fsp3) is 0.105. The molecule has 0 atom stereocenters. The number of aromatic nitrogens is 2. The summed E-state index contributed by atoms with van der Waals surface area (Å²) in [5.74, 6) is 0. The number of benzene rings is 2. The summed E-state index contributed by atoms with van der Waals surface area (Å²) in [4.78, 5) is 4.35. The van der Waals surface area contributed by atoms with Crippen LogP contribution in [0.5, 0.6) is 0 Å². The first-order chi connectivity index (χ1) is 10.8. The van der Waals surface area contributed by atoms with Gasteiger partial charge in [0.2, 0.25) is 0 Å². The van der Waals surface area contributed by atoms with Crippen molar-refractivity contribution < 1.29 is 0 Å². The molecule has 0 fully saturated rings. The zero-order valence-corrected chi connectivity index (χ0v) is 13.0. The summed E-state index contributed by atoms with van der Waals surface area (Å²) in [6.45, 7) is 2.88. The summed E-state index contributed by atoms with van der Waals surface area (Å²) in [6.07, 6.45) is 1.85. The van der Waals surface area contributed by atoms with Crippen LogP contribution in [0.2, 0.25) is 5.15 Å². The van der Waals surface area contributed by atoms with Crippen molar-refractivity contribution in [1.82, 2.24) is 9.55 Å². The first-order valence-electron chi connectivity index (χ1n) is 7.31. The molecular formula is C19H15ClN2. The van der Waals surface area contributed by atoms with Crippen LogP contribution in [-0.4, -0.2) is 9.55 Å². The lowest BCUT2D eigenvalue weighted by Crippen LogP contribution is -2.00. The van der Waals surface area contributed by atoms with Crippen molar-refractivity contribution in [2.24, 2.45) is 0 Å². The molecule has 0 amide bonds. The number of fused-ring (bicyclic) bond motifs is 3. The highest BCUT2D eigenvalue weighted by atomic mass is 35.5. The smallest absolute Gasteiger partial charge is 0.153 e. The molecule has 2 heterocycles. The molecule has 4 aromatic rings. The third-order valence-electron chi connectivity index (χ3n) is 4.12. The third kappa shape index (κ3) is 1.99. The molecule has 0 N–H and O–H groups in total. The van der Waals surface area contributed by atoms with Crippen molar-refractivity contribution in [3.63, 3.8) is 0 Å². The second-order valence-corrected chi connectivity index (χ2v) is 5.90. The molecule has 4 rings (SSSR count). The van der Waals surface area contributed by atoms with Crippen LogP contribution >= 0.6 is 11.6 Å². The summed E-state index contributed by atoms with van der Waals surface area (Å²) >= 11 is 6.44. The van der Waals surface area contributed by atoms with E-state index in [1.54, 1.807) is 0 Å². The van der Waals surface area contributed by atoms with Gasteiger partial charge in [-0.15, -0.1) is 0 Å². The van der Waals surface area contributed by atoms with E-state index < -0.39 is 0 Å². The van der Waals surface area contributed by atoms with Gasteiger partial charge in [0.05, 0.1) is 5.52 Å². The van der Waals surface area contributed by atoms with Crippen LogP contribution in [0.15, 0.2) is 60.8 Å². The second kappa shape index (κ2) is 5.15. The molecule has 0 unspecified atom stereocenters. The Balaban J connectivity index is 2.09. The molecule has 0 saturated heterocycles. The molecule has 0 saturated carbocycles. The fourth-order valence-corrected chi connectivity index (χ4v) is 3.37. The van der Waals surface area contributed by atoms with Crippen LogP contribution in [-0.2, 0) is 6.54 Å². The highest BCUT2D eigenvalue weighted by molar-refractivity contribution is 6.35. The molecule has 2 nitrogen and oxygen atoms in total. The quantitative estimate of drug-likeness (QED) is 0.465. The Morgan fingerprint density at radius 2 is 1.73 bits per heavy atom. The van der Waals surface area contributed by atoms with Gasteiger partial charge < -0.3 is 4.57 Å². The largest absolute Gasteiger partial charge is 0.333 e. The first kappa shape index (κ1) is 13.4. The van der Waals surface area contributed by atoms with Crippen molar-refractivity contribution in [1.29, 1.82) is 0 Å². The zero-order valence-electron chi connectivity index (χ0n) is 12.3.